The van der Waals surface area contributed by atoms with Gasteiger partial charge in [0, 0.05) is 11.3 Å². The second-order valence-electron chi connectivity index (χ2n) is 3.71. The van der Waals surface area contributed by atoms with Crippen LogP contribution in [0.2, 0.25) is 0 Å². The van der Waals surface area contributed by atoms with Gasteiger partial charge in [0.05, 0.1) is 4.88 Å². The monoisotopic (exact) mass is 221 g/mol. The van der Waals surface area contributed by atoms with Crippen LogP contribution in [0.5, 0.6) is 0 Å². The molecule has 15 heavy (non-hydrogen) atoms. The van der Waals surface area contributed by atoms with Crippen molar-refractivity contribution >= 4 is 11.3 Å². The molecule has 3 nitrogen and oxygen atoms in total. The summed E-state index contributed by atoms with van der Waals surface area (Å²) in [7, 11) is 0. The quantitative estimate of drug-likeness (QED) is 0.865. The molecule has 2 rings (SSSR count). The number of hydrogen-bond donors (Lipinski definition) is 1. The minimum absolute atomic E-state index is 0.833. The minimum atomic E-state index is 0.833. The Hall–Kier alpha value is -1.16. The molecule has 0 unspecified atom stereocenters. The number of aromatic amines is 1. The van der Waals surface area contributed by atoms with Crippen LogP contribution in [0.4, 0.5) is 0 Å². The standard InChI is InChI=1S/C11H15N3S/c1-4-5-10-12-11(14-13-10)9-6-7(2)8(3)15-9/h6H,4-5H2,1-3H3,(H,12,13,14). The van der Waals surface area contributed by atoms with E-state index in [-0.39, 0.29) is 0 Å². The summed E-state index contributed by atoms with van der Waals surface area (Å²) in [6, 6.07) is 2.15. The van der Waals surface area contributed by atoms with Crippen molar-refractivity contribution in [3.05, 3.63) is 22.3 Å². The lowest BCUT2D eigenvalue weighted by atomic mass is 10.3. The van der Waals surface area contributed by atoms with E-state index in [0.717, 1.165) is 29.4 Å². The maximum Gasteiger partial charge on any atom is 0.191 e. The van der Waals surface area contributed by atoms with Crippen LogP contribution in [0.25, 0.3) is 10.7 Å². The van der Waals surface area contributed by atoms with Crippen molar-refractivity contribution in [2.45, 2.75) is 33.6 Å². The van der Waals surface area contributed by atoms with Gasteiger partial charge in [-0.25, -0.2) is 4.98 Å². The molecular formula is C11H15N3S. The summed E-state index contributed by atoms with van der Waals surface area (Å²) in [5.41, 5.74) is 1.32. The molecule has 0 spiro atoms. The zero-order valence-electron chi connectivity index (χ0n) is 9.29. The molecule has 0 saturated heterocycles. The second-order valence-corrected chi connectivity index (χ2v) is 4.96. The first kappa shape index (κ1) is 10.4. The molecule has 0 aliphatic carbocycles. The zero-order chi connectivity index (χ0) is 10.8. The van der Waals surface area contributed by atoms with Crippen molar-refractivity contribution in [2.75, 3.05) is 0 Å². The summed E-state index contributed by atoms with van der Waals surface area (Å²) in [6.07, 6.45) is 2.06. The van der Waals surface area contributed by atoms with E-state index in [1.807, 2.05) is 0 Å². The van der Waals surface area contributed by atoms with E-state index in [1.165, 1.54) is 10.4 Å². The lowest BCUT2D eigenvalue weighted by molar-refractivity contribution is 0.841. The van der Waals surface area contributed by atoms with Crippen molar-refractivity contribution in [3.63, 3.8) is 0 Å². The third-order valence-electron chi connectivity index (χ3n) is 2.40. The van der Waals surface area contributed by atoms with Crippen LogP contribution in [0.1, 0.15) is 29.6 Å². The first-order valence-corrected chi connectivity index (χ1v) is 6.01. The first-order valence-electron chi connectivity index (χ1n) is 5.19. The number of nitrogens with zero attached hydrogens (tertiary/aromatic N) is 2. The second kappa shape index (κ2) is 4.14. The van der Waals surface area contributed by atoms with Crippen molar-refractivity contribution < 1.29 is 0 Å². The fraction of sp³-hybridized carbons (Fsp3) is 0.455. The minimum Gasteiger partial charge on any atom is -0.263 e. The number of thiophene rings is 1. The molecule has 0 aliphatic rings. The van der Waals surface area contributed by atoms with Gasteiger partial charge >= 0.3 is 0 Å². The summed E-state index contributed by atoms with van der Waals surface area (Å²) in [4.78, 5) is 6.96. The summed E-state index contributed by atoms with van der Waals surface area (Å²) >= 11 is 1.75. The Bertz CT molecular complexity index is 437. The van der Waals surface area contributed by atoms with Crippen LogP contribution in [0.15, 0.2) is 6.07 Å². The molecule has 0 saturated carbocycles. The SMILES string of the molecule is CCCc1nc(-c2cc(C)c(C)s2)n[nH]1. The van der Waals surface area contributed by atoms with Gasteiger partial charge in [0.25, 0.3) is 0 Å². The summed E-state index contributed by atoms with van der Waals surface area (Å²) in [6.45, 7) is 6.39. The smallest absolute Gasteiger partial charge is 0.191 e. The number of aromatic nitrogens is 3. The molecule has 0 radical (unpaired) electrons. The van der Waals surface area contributed by atoms with Crippen LogP contribution >= 0.6 is 11.3 Å². The van der Waals surface area contributed by atoms with Gasteiger partial charge in [-0.15, -0.1) is 11.3 Å². The largest absolute Gasteiger partial charge is 0.263 e. The average Bonchev–Trinajstić information content (AvgIpc) is 2.76. The Kier molecular flexibility index (Phi) is 2.86. The number of nitrogens with one attached hydrogen (secondary N) is 1. The van der Waals surface area contributed by atoms with E-state index < -0.39 is 0 Å². The molecule has 4 heteroatoms. The molecular weight excluding hydrogens is 206 g/mol. The maximum absolute atomic E-state index is 4.47. The van der Waals surface area contributed by atoms with Crippen LogP contribution in [-0.2, 0) is 6.42 Å². The highest BCUT2D eigenvalue weighted by molar-refractivity contribution is 7.15. The Morgan fingerprint density at radius 3 is 2.80 bits per heavy atom. The molecule has 80 valence electrons. The average molecular weight is 221 g/mol. The van der Waals surface area contributed by atoms with Gasteiger partial charge in [-0.05, 0) is 31.9 Å². The van der Waals surface area contributed by atoms with Crippen molar-refractivity contribution in [1.29, 1.82) is 0 Å². The predicted octanol–water partition coefficient (Wildman–Crippen LogP) is 3.10. The van der Waals surface area contributed by atoms with Gasteiger partial charge in [0.15, 0.2) is 5.82 Å². The van der Waals surface area contributed by atoms with Crippen molar-refractivity contribution in [1.82, 2.24) is 15.2 Å². The van der Waals surface area contributed by atoms with Crippen LogP contribution in [0.3, 0.4) is 0 Å². The fourth-order valence-electron chi connectivity index (χ4n) is 1.44. The fourth-order valence-corrected chi connectivity index (χ4v) is 2.41. The number of hydrogen-bond acceptors (Lipinski definition) is 3. The van der Waals surface area contributed by atoms with E-state index in [0.29, 0.717) is 0 Å². The number of aryl methyl sites for hydroxylation is 3. The van der Waals surface area contributed by atoms with Crippen LogP contribution in [-0.4, -0.2) is 15.2 Å². The third-order valence-corrected chi connectivity index (χ3v) is 3.55. The Morgan fingerprint density at radius 1 is 1.40 bits per heavy atom. The molecule has 2 aromatic heterocycles. The van der Waals surface area contributed by atoms with Crippen molar-refractivity contribution in [2.24, 2.45) is 0 Å². The highest BCUT2D eigenvalue weighted by Gasteiger charge is 2.09. The normalized spacial score (nSPS) is 10.9. The van der Waals surface area contributed by atoms with E-state index in [9.17, 15) is 0 Å². The van der Waals surface area contributed by atoms with E-state index in [4.69, 9.17) is 0 Å². The summed E-state index contributed by atoms with van der Waals surface area (Å²) in [5, 5.41) is 7.21. The molecule has 0 atom stereocenters. The van der Waals surface area contributed by atoms with Gasteiger partial charge in [-0.2, -0.15) is 5.10 Å². The highest BCUT2D eigenvalue weighted by Crippen LogP contribution is 2.28. The lowest BCUT2D eigenvalue weighted by Gasteiger charge is -1.87. The Labute approximate surface area is 93.6 Å². The van der Waals surface area contributed by atoms with Gasteiger partial charge in [-0.1, -0.05) is 6.92 Å². The van der Waals surface area contributed by atoms with Gasteiger partial charge in [-0.3, -0.25) is 5.10 Å². The van der Waals surface area contributed by atoms with E-state index >= 15 is 0 Å². The molecule has 0 bridgehead atoms. The van der Waals surface area contributed by atoms with Crippen LogP contribution < -0.4 is 0 Å². The Balaban J connectivity index is 2.28. The molecule has 2 aromatic rings. The van der Waals surface area contributed by atoms with E-state index in [2.05, 4.69) is 42.0 Å². The number of rotatable bonds is 3. The molecule has 0 fully saturated rings. The van der Waals surface area contributed by atoms with Crippen LogP contribution in [0, 0.1) is 13.8 Å². The summed E-state index contributed by atoms with van der Waals surface area (Å²) in [5.74, 6) is 1.82. The molecule has 1 N–H and O–H groups in total. The first-order chi connectivity index (χ1) is 7.20. The number of H-pyrrole nitrogens is 1. The van der Waals surface area contributed by atoms with E-state index in [1.54, 1.807) is 11.3 Å². The lowest BCUT2D eigenvalue weighted by Crippen LogP contribution is -1.84. The topological polar surface area (TPSA) is 41.6 Å². The van der Waals surface area contributed by atoms with Gasteiger partial charge < -0.3 is 0 Å². The van der Waals surface area contributed by atoms with Gasteiger partial charge in [0.1, 0.15) is 5.82 Å². The predicted molar refractivity (Wildman–Crippen MR) is 63.2 cm³/mol. The van der Waals surface area contributed by atoms with Crippen molar-refractivity contribution in [3.8, 4) is 10.7 Å². The summed E-state index contributed by atoms with van der Waals surface area (Å²) < 4.78 is 0. The highest BCUT2D eigenvalue weighted by atomic mass is 32.1. The molecule has 0 aliphatic heterocycles. The third kappa shape index (κ3) is 2.09. The molecule has 0 amide bonds. The Morgan fingerprint density at radius 2 is 2.20 bits per heavy atom. The zero-order valence-corrected chi connectivity index (χ0v) is 10.1. The van der Waals surface area contributed by atoms with Gasteiger partial charge in [0.2, 0.25) is 0 Å². The molecule has 2 heterocycles. The maximum atomic E-state index is 4.47. The molecule has 0 aromatic carbocycles.